The highest BCUT2D eigenvalue weighted by atomic mass is 127. The molecule has 0 aromatic heterocycles. The molecule has 1 N–H and O–H groups in total. The zero-order chi connectivity index (χ0) is 14.0. The highest BCUT2D eigenvalue weighted by Gasteiger charge is 2.10. The van der Waals surface area contributed by atoms with Crippen molar-refractivity contribution in [1.29, 1.82) is 0 Å². The van der Waals surface area contributed by atoms with Crippen LogP contribution in [0.1, 0.15) is 10.4 Å². The second-order valence-corrected chi connectivity index (χ2v) is 5.81. The Kier molecular flexibility index (Phi) is 4.51. The van der Waals surface area contributed by atoms with Crippen LogP contribution in [0, 0.1) is 15.2 Å². The molecule has 0 aliphatic carbocycles. The van der Waals surface area contributed by atoms with E-state index in [4.69, 9.17) is 0 Å². The van der Waals surface area contributed by atoms with Gasteiger partial charge in [0.2, 0.25) is 0 Å². The predicted molar refractivity (Wildman–Crippen MR) is 81.2 cm³/mol. The van der Waals surface area contributed by atoms with Crippen molar-refractivity contribution in [2.45, 2.75) is 0 Å². The second kappa shape index (κ2) is 5.96. The van der Waals surface area contributed by atoms with Gasteiger partial charge in [-0.3, -0.25) is 4.79 Å². The van der Waals surface area contributed by atoms with Crippen molar-refractivity contribution < 1.29 is 13.6 Å². The molecule has 2 nitrogen and oxygen atoms in total. The summed E-state index contributed by atoms with van der Waals surface area (Å²) in [5.74, 6) is -1.34. The number of hydrogen-bond donors (Lipinski definition) is 1. The zero-order valence-corrected chi connectivity index (χ0v) is 13.1. The number of nitrogens with one attached hydrogen (secondary N) is 1. The Balaban J connectivity index is 2.25. The fourth-order valence-electron chi connectivity index (χ4n) is 1.47. The topological polar surface area (TPSA) is 29.1 Å². The molecule has 0 saturated carbocycles. The lowest BCUT2D eigenvalue weighted by molar-refractivity contribution is 0.102. The van der Waals surface area contributed by atoms with Gasteiger partial charge in [0.1, 0.15) is 11.6 Å². The van der Waals surface area contributed by atoms with E-state index in [1.54, 1.807) is 0 Å². The van der Waals surface area contributed by atoms with Crippen molar-refractivity contribution in [3.63, 3.8) is 0 Å². The molecule has 2 aromatic carbocycles. The average Bonchev–Trinajstić information content (AvgIpc) is 2.31. The molecule has 6 heteroatoms. The fourth-order valence-corrected chi connectivity index (χ4v) is 2.55. The molecule has 2 rings (SSSR count). The largest absolute Gasteiger partial charge is 0.321 e. The van der Waals surface area contributed by atoms with Crippen LogP contribution in [0.3, 0.4) is 0 Å². The van der Waals surface area contributed by atoms with Gasteiger partial charge in [-0.2, -0.15) is 0 Å². The van der Waals surface area contributed by atoms with Gasteiger partial charge in [-0.25, -0.2) is 8.78 Å². The van der Waals surface area contributed by atoms with Gasteiger partial charge in [-0.15, -0.1) is 0 Å². The number of anilines is 1. The quantitative estimate of drug-likeness (QED) is 0.684. The van der Waals surface area contributed by atoms with E-state index < -0.39 is 11.7 Å². The van der Waals surface area contributed by atoms with Crippen LogP contribution < -0.4 is 5.32 Å². The first kappa shape index (κ1) is 14.4. The van der Waals surface area contributed by atoms with Gasteiger partial charge in [-0.05, 0) is 59.0 Å². The first-order chi connectivity index (χ1) is 8.95. The molecule has 2 aromatic rings. The monoisotopic (exact) mass is 437 g/mol. The molecule has 0 heterocycles. The number of amides is 1. The van der Waals surface area contributed by atoms with Gasteiger partial charge in [0.05, 0.1) is 5.69 Å². The third kappa shape index (κ3) is 3.73. The molecule has 0 spiro atoms. The Labute approximate surface area is 130 Å². The Morgan fingerprint density at radius 1 is 1.11 bits per heavy atom. The van der Waals surface area contributed by atoms with Gasteiger partial charge < -0.3 is 5.32 Å². The summed E-state index contributed by atoms with van der Waals surface area (Å²) in [4.78, 5) is 12.0. The molecule has 19 heavy (non-hydrogen) atoms. The third-order valence-electron chi connectivity index (χ3n) is 2.30. The first-order valence-electron chi connectivity index (χ1n) is 5.18. The second-order valence-electron chi connectivity index (χ2n) is 3.74. The van der Waals surface area contributed by atoms with Crippen LogP contribution in [0.2, 0.25) is 0 Å². The van der Waals surface area contributed by atoms with E-state index in [-0.39, 0.29) is 11.4 Å². The van der Waals surface area contributed by atoms with E-state index in [2.05, 4.69) is 21.2 Å². The Morgan fingerprint density at radius 3 is 2.47 bits per heavy atom. The van der Waals surface area contributed by atoms with Crippen molar-refractivity contribution in [1.82, 2.24) is 0 Å². The maximum absolute atomic E-state index is 13.2. The molecule has 0 bridgehead atoms. The predicted octanol–water partition coefficient (Wildman–Crippen LogP) is 4.58. The molecule has 0 radical (unpaired) electrons. The van der Waals surface area contributed by atoms with Gasteiger partial charge >= 0.3 is 0 Å². The maximum atomic E-state index is 13.2. The summed E-state index contributed by atoms with van der Waals surface area (Å²) in [7, 11) is 0. The molecule has 0 aliphatic rings. The Morgan fingerprint density at radius 2 is 1.84 bits per heavy atom. The van der Waals surface area contributed by atoms with Crippen LogP contribution in [0.15, 0.2) is 40.9 Å². The number of halogens is 4. The standard InChI is InChI=1S/C13H7BrF2INO/c14-8-3-7(4-10(16)5-8)13(19)18-12-2-1-9(15)6-11(12)17/h1-6H,(H,18,19). The molecule has 0 fully saturated rings. The van der Waals surface area contributed by atoms with E-state index in [1.807, 2.05) is 22.6 Å². The number of carbonyl (C=O) groups excluding carboxylic acids is 1. The van der Waals surface area contributed by atoms with Gasteiger partial charge in [-0.1, -0.05) is 15.9 Å². The average molecular weight is 438 g/mol. The normalized spacial score (nSPS) is 10.3. The molecule has 1 amide bonds. The number of benzene rings is 2. The van der Waals surface area contributed by atoms with Crippen molar-refractivity contribution in [3.8, 4) is 0 Å². The van der Waals surface area contributed by atoms with Crippen molar-refractivity contribution in [2.24, 2.45) is 0 Å². The number of rotatable bonds is 2. The van der Waals surface area contributed by atoms with Crippen LogP contribution >= 0.6 is 38.5 Å². The summed E-state index contributed by atoms with van der Waals surface area (Å²) in [6, 6.07) is 7.92. The van der Waals surface area contributed by atoms with Crippen molar-refractivity contribution >= 4 is 50.1 Å². The van der Waals surface area contributed by atoms with Gasteiger partial charge in [0, 0.05) is 13.6 Å². The summed E-state index contributed by atoms with van der Waals surface area (Å²) in [5, 5.41) is 2.61. The summed E-state index contributed by atoms with van der Waals surface area (Å²) in [5.41, 5.74) is 0.666. The smallest absolute Gasteiger partial charge is 0.255 e. The van der Waals surface area contributed by atoms with Crippen LogP contribution in [0.4, 0.5) is 14.5 Å². The number of carbonyl (C=O) groups is 1. The highest BCUT2D eigenvalue weighted by Crippen LogP contribution is 2.21. The third-order valence-corrected chi connectivity index (χ3v) is 3.65. The summed E-state index contributed by atoms with van der Waals surface area (Å²) < 4.78 is 27.2. The lowest BCUT2D eigenvalue weighted by atomic mass is 10.2. The van der Waals surface area contributed by atoms with E-state index >= 15 is 0 Å². The summed E-state index contributed by atoms with van der Waals surface area (Å²) in [6.45, 7) is 0. The van der Waals surface area contributed by atoms with Crippen molar-refractivity contribution in [2.75, 3.05) is 5.32 Å². The summed E-state index contributed by atoms with van der Waals surface area (Å²) in [6.07, 6.45) is 0. The van der Waals surface area contributed by atoms with Gasteiger partial charge in [0.15, 0.2) is 0 Å². The van der Waals surface area contributed by atoms with Crippen molar-refractivity contribution in [3.05, 3.63) is 61.6 Å². The maximum Gasteiger partial charge on any atom is 0.255 e. The molecule has 0 unspecified atom stereocenters. The molecule has 0 saturated heterocycles. The van der Waals surface area contributed by atoms with E-state index in [0.29, 0.717) is 13.7 Å². The molecule has 0 atom stereocenters. The summed E-state index contributed by atoms with van der Waals surface area (Å²) >= 11 is 5.03. The minimum absolute atomic E-state index is 0.187. The zero-order valence-electron chi connectivity index (χ0n) is 9.38. The first-order valence-corrected chi connectivity index (χ1v) is 7.05. The van der Waals surface area contributed by atoms with E-state index in [9.17, 15) is 13.6 Å². The Hall–Kier alpha value is -1.02. The highest BCUT2D eigenvalue weighted by molar-refractivity contribution is 14.1. The van der Waals surface area contributed by atoms with E-state index in [1.165, 1.54) is 30.3 Å². The fraction of sp³-hybridized carbons (Fsp3) is 0. The van der Waals surface area contributed by atoms with Crippen LogP contribution in [-0.2, 0) is 0 Å². The molecule has 0 aliphatic heterocycles. The van der Waals surface area contributed by atoms with Crippen LogP contribution in [-0.4, -0.2) is 5.91 Å². The number of hydrogen-bond acceptors (Lipinski definition) is 1. The van der Waals surface area contributed by atoms with Crippen LogP contribution in [0.25, 0.3) is 0 Å². The van der Waals surface area contributed by atoms with E-state index in [0.717, 1.165) is 6.07 Å². The van der Waals surface area contributed by atoms with Gasteiger partial charge in [0.25, 0.3) is 5.91 Å². The lowest BCUT2D eigenvalue weighted by Gasteiger charge is -2.08. The minimum Gasteiger partial charge on any atom is -0.321 e. The van der Waals surface area contributed by atoms with Crippen LogP contribution in [0.5, 0.6) is 0 Å². The minimum atomic E-state index is -0.506. The SMILES string of the molecule is O=C(Nc1ccc(F)cc1I)c1cc(F)cc(Br)c1. The molecular weight excluding hydrogens is 431 g/mol. The molecule has 98 valence electrons. The Bertz CT molecular complexity index is 628. The lowest BCUT2D eigenvalue weighted by Crippen LogP contribution is -2.13. The molecular formula is C13H7BrF2INO.